The number of hydrogen-bond acceptors (Lipinski definition) is 3. The number of likely N-dealkylation sites (N-methyl/N-ethyl adjacent to an activating group) is 1. The molecule has 1 rings (SSSR count). The highest BCUT2D eigenvalue weighted by Gasteiger charge is 2.18. The highest BCUT2D eigenvalue weighted by atomic mass is 16.3. The largest absolute Gasteiger partial charge is 0.392 e. The van der Waals surface area contributed by atoms with Crippen molar-refractivity contribution in [2.24, 2.45) is 5.92 Å². The van der Waals surface area contributed by atoms with Crippen LogP contribution >= 0.6 is 0 Å². The van der Waals surface area contributed by atoms with Crippen molar-refractivity contribution in [1.82, 2.24) is 10.2 Å². The Balaban J connectivity index is 2.06. The van der Waals surface area contributed by atoms with E-state index in [0.29, 0.717) is 6.04 Å². The summed E-state index contributed by atoms with van der Waals surface area (Å²) < 4.78 is 0. The summed E-state index contributed by atoms with van der Waals surface area (Å²) in [6, 6.07) is 0.452. The van der Waals surface area contributed by atoms with Gasteiger partial charge in [-0.1, -0.05) is 25.7 Å². The number of hydrogen-bond donors (Lipinski definition) is 2. The third kappa shape index (κ3) is 5.83. The van der Waals surface area contributed by atoms with Crippen molar-refractivity contribution in [3.05, 3.63) is 0 Å². The van der Waals surface area contributed by atoms with Crippen LogP contribution in [-0.4, -0.2) is 49.3 Å². The zero-order chi connectivity index (χ0) is 12.0. The van der Waals surface area contributed by atoms with E-state index in [9.17, 15) is 5.11 Å². The number of aliphatic hydroxyl groups is 1. The van der Waals surface area contributed by atoms with Crippen LogP contribution in [0.3, 0.4) is 0 Å². The van der Waals surface area contributed by atoms with Gasteiger partial charge in [0.1, 0.15) is 0 Å². The van der Waals surface area contributed by atoms with Crippen molar-refractivity contribution in [3.8, 4) is 0 Å². The van der Waals surface area contributed by atoms with Gasteiger partial charge in [-0.15, -0.1) is 0 Å². The van der Waals surface area contributed by atoms with E-state index in [1.807, 2.05) is 0 Å². The van der Waals surface area contributed by atoms with Crippen molar-refractivity contribution in [1.29, 1.82) is 0 Å². The van der Waals surface area contributed by atoms with Crippen molar-refractivity contribution >= 4 is 0 Å². The van der Waals surface area contributed by atoms with Gasteiger partial charge in [0.15, 0.2) is 0 Å². The lowest BCUT2D eigenvalue weighted by atomic mass is 10.00. The molecule has 3 nitrogen and oxygen atoms in total. The molecule has 0 amide bonds. The summed E-state index contributed by atoms with van der Waals surface area (Å²) in [5, 5.41) is 13.3. The standard InChI is InChI=1S/C13H28N2O/c1-11(10-15(2)3)14-9-13(16)8-12-6-4-5-7-12/h11-14,16H,4-10H2,1-3H3. The average molecular weight is 228 g/mol. The van der Waals surface area contributed by atoms with E-state index >= 15 is 0 Å². The zero-order valence-corrected chi connectivity index (χ0v) is 11.1. The predicted molar refractivity (Wildman–Crippen MR) is 68.6 cm³/mol. The Morgan fingerprint density at radius 1 is 1.31 bits per heavy atom. The summed E-state index contributed by atoms with van der Waals surface area (Å²) in [5.41, 5.74) is 0. The normalized spacial score (nSPS) is 21.6. The monoisotopic (exact) mass is 228 g/mol. The third-order valence-electron chi connectivity index (χ3n) is 3.42. The number of nitrogens with one attached hydrogen (secondary N) is 1. The lowest BCUT2D eigenvalue weighted by Crippen LogP contribution is -2.40. The van der Waals surface area contributed by atoms with E-state index < -0.39 is 0 Å². The Kier molecular flexibility index (Phi) is 6.32. The highest BCUT2D eigenvalue weighted by molar-refractivity contribution is 4.73. The topological polar surface area (TPSA) is 35.5 Å². The third-order valence-corrected chi connectivity index (χ3v) is 3.42. The lowest BCUT2D eigenvalue weighted by Gasteiger charge is -2.21. The van der Waals surface area contributed by atoms with E-state index in [4.69, 9.17) is 0 Å². The molecule has 0 saturated heterocycles. The van der Waals surface area contributed by atoms with E-state index in [1.54, 1.807) is 0 Å². The second-order valence-corrected chi connectivity index (χ2v) is 5.61. The SMILES string of the molecule is CC(CN(C)C)NCC(O)CC1CCCC1. The summed E-state index contributed by atoms with van der Waals surface area (Å²) in [7, 11) is 4.15. The van der Waals surface area contributed by atoms with Crippen LogP contribution in [0.5, 0.6) is 0 Å². The van der Waals surface area contributed by atoms with E-state index in [2.05, 4.69) is 31.2 Å². The molecule has 0 aliphatic heterocycles. The number of nitrogens with zero attached hydrogens (tertiary/aromatic N) is 1. The molecule has 0 bridgehead atoms. The molecule has 2 unspecified atom stereocenters. The van der Waals surface area contributed by atoms with Crippen molar-refractivity contribution in [3.63, 3.8) is 0 Å². The maximum atomic E-state index is 9.92. The van der Waals surface area contributed by atoms with Crippen LogP contribution < -0.4 is 5.32 Å². The van der Waals surface area contributed by atoms with Crippen LogP contribution in [0.25, 0.3) is 0 Å². The fourth-order valence-electron chi connectivity index (χ4n) is 2.66. The summed E-state index contributed by atoms with van der Waals surface area (Å²) in [6.07, 6.45) is 6.20. The van der Waals surface area contributed by atoms with Crippen molar-refractivity contribution in [2.75, 3.05) is 27.2 Å². The maximum Gasteiger partial charge on any atom is 0.0667 e. The van der Waals surface area contributed by atoms with Crippen LogP contribution in [0.2, 0.25) is 0 Å². The highest BCUT2D eigenvalue weighted by Crippen LogP contribution is 2.28. The fraction of sp³-hybridized carbons (Fsp3) is 1.00. The van der Waals surface area contributed by atoms with Gasteiger partial charge in [0, 0.05) is 19.1 Å². The molecule has 0 aromatic heterocycles. The van der Waals surface area contributed by atoms with Gasteiger partial charge in [0.2, 0.25) is 0 Å². The molecule has 1 fully saturated rings. The number of aliphatic hydroxyl groups excluding tert-OH is 1. The van der Waals surface area contributed by atoms with Gasteiger partial charge in [-0.3, -0.25) is 0 Å². The molecule has 0 aromatic rings. The molecule has 2 N–H and O–H groups in total. The maximum absolute atomic E-state index is 9.92. The van der Waals surface area contributed by atoms with E-state index in [1.165, 1.54) is 25.7 Å². The van der Waals surface area contributed by atoms with Crippen LogP contribution in [0.1, 0.15) is 39.0 Å². The second kappa shape index (κ2) is 7.25. The minimum atomic E-state index is -0.160. The molecule has 2 atom stereocenters. The fourth-order valence-corrected chi connectivity index (χ4v) is 2.66. The molecule has 1 aliphatic carbocycles. The summed E-state index contributed by atoms with van der Waals surface area (Å²) in [6.45, 7) is 3.93. The first-order valence-electron chi connectivity index (χ1n) is 6.64. The van der Waals surface area contributed by atoms with Crippen LogP contribution in [0.4, 0.5) is 0 Å². The minimum absolute atomic E-state index is 0.160. The Hall–Kier alpha value is -0.120. The van der Waals surface area contributed by atoms with Crippen molar-refractivity contribution in [2.45, 2.75) is 51.2 Å². The molecule has 96 valence electrons. The summed E-state index contributed by atoms with van der Waals surface area (Å²) in [5.74, 6) is 0.779. The molecular formula is C13H28N2O. The molecular weight excluding hydrogens is 200 g/mol. The lowest BCUT2D eigenvalue weighted by molar-refractivity contribution is 0.136. The second-order valence-electron chi connectivity index (χ2n) is 5.61. The molecule has 0 spiro atoms. The van der Waals surface area contributed by atoms with Gasteiger partial charge in [-0.25, -0.2) is 0 Å². The molecule has 0 radical (unpaired) electrons. The quantitative estimate of drug-likeness (QED) is 0.692. The van der Waals surface area contributed by atoms with Crippen LogP contribution in [-0.2, 0) is 0 Å². The van der Waals surface area contributed by atoms with Crippen LogP contribution in [0.15, 0.2) is 0 Å². The molecule has 3 heteroatoms. The van der Waals surface area contributed by atoms with Crippen molar-refractivity contribution < 1.29 is 5.11 Å². The minimum Gasteiger partial charge on any atom is -0.392 e. The van der Waals surface area contributed by atoms with E-state index in [0.717, 1.165) is 25.4 Å². The van der Waals surface area contributed by atoms with Gasteiger partial charge < -0.3 is 15.3 Å². The Morgan fingerprint density at radius 3 is 2.50 bits per heavy atom. The van der Waals surface area contributed by atoms with E-state index in [-0.39, 0.29) is 6.10 Å². The van der Waals surface area contributed by atoms with Gasteiger partial charge in [-0.05, 0) is 33.4 Å². The van der Waals surface area contributed by atoms with Gasteiger partial charge in [0.25, 0.3) is 0 Å². The van der Waals surface area contributed by atoms with Crippen LogP contribution in [0, 0.1) is 5.92 Å². The van der Waals surface area contributed by atoms with Gasteiger partial charge in [0.05, 0.1) is 6.10 Å². The molecule has 1 aliphatic rings. The molecule has 0 aromatic carbocycles. The molecule has 16 heavy (non-hydrogen) atoms. The summed E-state index contributed by atoms with van der Waals surface area (Å²) in [4.78, 5) is 2.17. The Labute approximate surface area is 100 Å². The first-order chi connectivity index (χ1) is 7.58. The van der Waals surface area contributed by atoms with Gasteiger partial charge >= 0.3 is 0 Å². The Morgan fingerprint density at radius 2 is 1.94 bits per heavy atom. The zero-order valence-electron chi connectivity index (χ0n) is 11.1. The first-order valence-corrected chi connectivity index (χ1v) is 6.64. The van der Waals surface area contributed by atoms with Gasteiger partial charge in [-0.2, -0.15) is 0 Å². The predicted octanol–water partition coefficient (Wildman–Crippen LogP) is 1.47. The molecule has 1 saturated carbocycles. The molecule has 0 heterocycles. The summed E-state index contributed by atoms with van der Waals surface area (Å²) >= 11 is 0. The first kappa shape index (κ1) is 13.9. The Bertz CT molecular complexity index is 179. The smallest absolute Gasteiger partial charge is 0.0667 e. The average Bonchev–Trinajstić information content (AvgIpc) is 2.66. The number of rotatable bonds is 7.